The molecule has 0 aliphatic rings. The zero-order valence-corrected chi connectivity index (χ0v) is 25.5. The van der Waals surface area contributed by atoms with Crippen molar-refractivity contribution in [3.05, 3.63) is 64.8 Å². The molecule has 42 heavy (non-hydrogen) atoms. The number of amides is 2. The van der Waals surface area contributed by atoms with Gasteiger partial charge in [0.05, 0.1) is 16.9 Å². The number of imidazole rings is 1. The Morgan fingerprint density at radius 2 is 1.64 bits per heavy atom. The molecule has 0 atom stereocenters. The monoisotopic (exact) mass is 640 g/mol. The molecular weight excluding hydrogens is 608 g/mol. The molecule has 0 radical (unpaired) electrons. The molecule has 3 aromatic heterocycles. The van der Waals surface area contributed by atoms with Crippen molar-refractivity contribution in [2.45, 2.75) is 47.3 Å². The number of allylic oxidation sites excluding steroid dienone is 2. The van der Waals surface area contributed by atoms with E-state index in [1.807, 2.05) is 32.9 Å². The van der Waals surface area contributed by atoms with Gasteiger partial charge in [-0.2, -0.15) is 10.2 Å². The Labute approximate surface area is 250 Å². The number of carbonyl (C=O) groups is 3. The Kier molecular flexibility index (Phi) is 9.78. The lowest BCUT2D eigenvalue weighted by Crippen LogP contribution is -2.20. The summed E-state index contributed by atoms with van der Waals surface area (Å²) >= 11 is 3.38. The largest absolute Gasteiger partial charge is 0.488 e. The first-order chi connectivity index (χ1) is 20.2. The van der Waals surface area contributed by atoms with Crippen molar-refractivity contribution in [1.29, 1.82) is 0 Å². The van der Waals surface area contributed by atoms with Gasteiger partial charge < -0.3 is 19.8 Å². The van der Waals surface area contributed by atoms with Gasteiger partial charge in [0.2, 0.25) is 11.9 Å². The lowest BCUT2D eigenvalue weighted by atomic mass is 10.1. The molecule has 0 bridgehead atoms. The Bertz CT molecular complexity index is 1650. The Hall–Kier alpha value is -4.46. The number of aromatic nitrogens is 6. The minimum absolute atomic E-state index is 0.0125. The molecule has 4 rings (SSSR count). The average molecular weight is 642 g/mol. The highest BCUT2D eigenvalue weighted by molar-refractivity contribution is 9.09. The molecule has 0 aliphatic carbocycles. The van der Waals surface area contributed by atoms with Crippen LogP contribution >= 0.6 is 15.9 Å². The molecule has 0 fully saturated rings. The van der Waals surface area contributed by atoms with Crippen LogP contribution in [0.4, 0.5) is 5.95 Å². The van der Waals surface area contributed by atoms with Gasteiger partial charge in [0.25, 0.3) is 5.91 Å². The number of alkyl halides is 1. The average Bonchev–Trinajstić information content (AvgIpc) is 3.64. The minimum Gasteiger partial charge on any atom is -0.488 e. The second-order valence-electron chi connectivity index (χ2n) is 9.29. The third kappa shape index (κ3) is 6.70. The Morgan fingerprint density at radius 1 is 0.976 bits per heavy atom. The first-order valence-corrected chi connectivity index (χ1v) is 14.5. The molecule has 0 aliphatic heterocycles. The van der Waals surface area contributed by atoms with Crippen LogP contribution in [0, 0.1) is 13.8 Å². The van der Waals surface area contributed by atoms with Crippen molar-refractivity contribution in [1.82, 2.24) is 29.1 Å². The second-order valence-corrected chi connectivity index (χ2v) is 9.94. The highest BCUT2D eigenvalue weighted by Crippen LogP contribution is 2.31. The molecule has 0 saturated heterocycles. The molecule has 0 saturated carbocycles. The van der Waals surface area contributed by atoms with E-state index in [1.54, 1.807) is 39.1 Å². The SMILES string of the molecule is CCn1nc(C)cc1C(=O)Nc1nc2cc(C(N)=O)cc(OCCOC(=O)c3cc(C)nn3CC)c2n1C/C=C/CBr. The number of fused-ring (bicyclic) bond motifs is 1. The van der Waals surface area contributed by atoms with Crippen LogP contribution < -0.4 is 15.8 Å². The summed E-state index contributed by atoms with van der Waals surface area (Å²) < 4.78 is 16.4. The maximum Gasteiger partial charge on any atom is 0.356 e. The standard InChI is InChI=1S/C28H33BrN8O5/c1-5-36-21(13-17(3)33-36)26(39)32-28-31-20-15-19(25(30)38)16-23(24(20)35(28)10-8-7-9-29)41-11-12-42-27(40)22-14-18(4)34-37(22)6-2/h7-8,13-16H,5-6,9-12H2,1-4H3,(H2,30,38)(H,31,32,39)/b8-7+. The van der Waals surface area contributed by atoms with Gasteiger partial charge in [-0.05, 0) is 52.0 Å². The number of nitrogens with two attached hydrogens (primary N) is 1. The summed E-state index contributed by atoms with van der Waals surface area (Å²) in [6.45, 7) is 8.71. The molecular formula is C28H33BrN8O5. The molecule has 3 N–H and O–H groups in total. The fourth-order valence-corrected chi connectivity index (χ4v) is 4.71. The van der Waals surface area contributed by atoms with Gasteiger partial charge in [0, 0.05) is 30.5 Å². The first-order valence-electron chi connectivity index (χ1n) is 13.4. The minimum atomic E-state index is -0.669. The third-order valence-corrected chi connectivity index (χ3v) is 6.65. The number of ether oxygens (including phenoxy) is 2. The topological polar surface area (TPSA) is 161 Å². The zero-order valence-electron chi connectivity index (χ0n) is 23.9. The van der Waals surface area contributed by atoms with Crippen molar-refractivity contribution in [3.63, 3.8) is 0 Å². The van der Waals surface area contributed by atoms with Crippen LogP contribution in [-0.4, -0.2) is 65.4 Å². The number of anilines is 1. The Morgan fingerprint density at radius 3 is 2.29 bits per heavy atom. The predicted molar refractivity (Wildman–Crippen MR) is 160 cm³/mol. The van der Waals surface area contributed by atoms with Gasteiger partial charge in [-0.25, -0.2) is 9.78 Å². The summed E-state index contributed by atoms with van der Waals surface area (Å²) in [5.41, 5.74) is 8.86. The van der Waals surface area contributed by atoms with Crippen LogP contribution in [0.2, 0.25) is 0 Å². The van der Waals surface area contributed by atoms with Crippen LogP contribution in [-0.2, 0) is 24.4 Å². The van der Waals surface area contributed by atoms with E-state index in [2.05, 4.69) is 36.4 Å². The van der Waals surface area contributed by atoms with Gasteiger partial charge in [0.15, 0.2) is 0 Å². The van der Waals surface area contributed by atoms with Gasteiger partial charge in [-0.15, -0.1) is 0 Å². The van der Waals surface area contributed by atoms with Crippen molar-refractivity contribution < 1.29 is 23.9 Å². The van der Waals surface area contributed by atoms with Gasteiger partial charge in [0.1, 0.15) is 35.9 Å². The number of esters is 1. The van der Waals surface area contributed by atoms with E-state index in [1.165, 1.54) is 6.07 Å². The van der Waals surface area contributed by atoms with E-state index in [0.29, 0.717) is 64.5 Å². The van der Waals surface area contributed by atoms with E-state index in [0.717, 1.165) is 0 Å². The van der Waals surface area contributed by atoms with Crippen LogP contribution in [0.3, 0.4) is 0 Å². The van der Waals surface area contributed by atoms with E-state index in [4.69, 9.17) is 15.2 Å². The van der Waals surface area contributed by atoms with Crippen molar-refractivity contribution in [2.24, 2.45) is 5.73 Å². The number of halogens is 1. The van der Waals surface area contributed by atoms with E-state index in [9.17, 15) is 14.4 Å². The van der Waals surface area contributed by atoms with Gasteiger partial charge >= 0.3 is 5.97 Å². The molecule has 0 spiro atoms. The van der Waals surface area contributed by atoms with E-state index < -0.39 is 11.9 Å². The molecule has 2 amide bonds. The summed E-state index contributed by atoms with van der Waals surface area (Å²) in [6.07, 6.45) is 3.81. The number of hydrogen-bond acceptors (Lipinski definition) is 8. The Balaban J connectivity index is 1.64. The van der Waals surface area contributed by atoms with Crippen LogP contribution in [0.15, 0.2) is 36.4 Å². The van der Waals surface area contributed by atoms with Gasteiger partial charge in [-0.3, -0.25) is 24.3 Å². The second kappa shape index (κ2) is 13.5. The third-order valence-electron chi connectivity index (χ3n) is 6.28. The number of nitrogens with zero attached hydrogens (tertiary/aromatic N) is 6. The molecule has 13 nitrogen and oxygen atoms in total. The van der Waals surface area contributed by atoms with Gasteiger partial charge in [-0.1, -0.05) is 28.1 Å². The normalized spacial score (nSPS) is 11.4. The van der Waals surface area contributed by atoms with Crippen molar-refractivity contribution >= 4 is 50.7 Å². The smallest absolute Gasteiger partial charge is 0.356 e. The number of carbonyl (C=O) groups excluding carboxylic acids is 3. The summed E-state index contributed by atoms with van der Waals surface area (Å²) in [7, 11) is 0. The molecule has 14 heteroatoms. The van der Waals surface area contributed by atoms with E-state index in [-0.39, 0.29) is 30.6 Å². The highest BCUT2D eigenvalue weighted by atomic mass is 79.9. The number of benzene rings is 1. The van der Waals surface area contributed by atoms with Crippen LogP contribution in [0.1, 0.15) is 56.6 Å². The summed E-state index contributed by atoms with van der Waals surface area (Å²) in [6, 6.07) is 6.41. The zero-order chi connectivity index (χ0) is 30.4. The summed E-state index contributed by atoms with van der Waals surface area (Å²) in [4.78, 5) is 42.6. The number of primary amides is 1. The van der Waals surface area contributed by atoms with Crippen LogP contribution in [0.25, 0.3) is 11.0 Å². The fraction of sp³-hybridized carbons (Fsp3) is 0.357. The predicted octanol–water partition coefficient (Wildman–Crippen LogP) is 3.62. The number of aryl methyl sites for hydroxylation is 4. The summed E-state index contributed by atoms with van der Waals surface area (Å²) in [5.74, 6) is -1.03. The van der Waals surface area contributed by atoms with Crippen molar-refractivity contribution in [3.8, 4) is 5.75 Å². The lowest BCUT2D eigenvalue weighted by molar-refractivity contribution is 0.0437. The fourth-order valence-electron chi connectivity index (χ4n) is 4.44. The summed E-state index contributed by atoms with van der Waals surface area (Å²) in [5, 5.41) is 12.1. The van der Waals surface area contributed by atoms with Crippen LogP contribution in [0.5, 0.6) is 5.75 Å². The highest BCUT2D eigenvalue weighted by Gasteiger charge is 2.22. The quantitative estimate of drug-likeness (QED) is 0.0969. The maximum atomic E-state index is 13.3. The lowest BCUT2D eigenvalue weighted by Gasteiger charge is -2.13. The maximum absolute atomic E-state index is 13.3. The molecule has 222 valence electrons. The molecule has 0 unspecified atom stereocenters. The molecule has 4 aromatic rings. The number of nitrogens with one attached hydrogen (secondary N) is 1. The number of hydrogen-bond donors (Lipinski definition) is 2. The first kappa shape index (κ1) is 30.5. The molecule has 3 heterocycles. The molecule has 1 aromatic carbocycles. The van der Waals surface area contributed by atoms with E-state index >= 15 is 0 Å². The number of rotatable bonds is 13. The van der Waals surface area contributed by atoms with Crippen molar-refractivity contribution in [2.75, 3.05) is 23.9 Å².